The summed E-state index contributed by atoms with van der Waals surface area (Å²) in [5, 5.41) is 0. The van der Waals surface area contributed by atoms with Crippen molar-refractivity contribution in [3.05, 3.63) is 29.8 Å². The molecule has 2 saturated heterocycles. The smallest absolute Gasteiger partial charge is 0.236 e. The van der Waals surface area contributed by atoms with Crippen LogP contribution in [-0.4, -0.2) is 79.6 Å². The molecular formula is C19H29N3O2. The maximum absolute atomic E-state index is 12.2. The highest BCUT2D eigenvalue weighted by molar-refractivity contribution is 5.78. The molecule has 1 aromatic rings. The van der Waals surface area contributed by atoms with Crippen molar-refractivity contribution in [2.24, 2.45) is 0 Å². The number of amides is 1. The largest absolute Gasteiger partial charge is 0.492 e. The Bertz CT molecular complexity index is 535. The van der Waals surface area contributed by atoms with Crippen LogP contribution in [0.5, 0.6) is 5.75 Å². The lowest BCUT2D eigenvalue weighted by atomic mass is 10.2. The van der Waals surface area contributed by atoms with Crippen LogP contribution in [0.4, 0.5) is 0 Å². The van der Waals surface area contributed by atoms with Crippen LogP contribution in [0.1, 0.15) is 18.4 Å². The molecule has 2 heterocycles. The minimum atomic E-state index is 0.309. The molecule has 5 heteroatoms. The van der Waals surface area contributed by atoms with E-state index in [1.54, 1.807) is 0 Å². The van der Waals surface area contributed by atoms with Crippen LogP contribution in [0.25, 0.3) is 0 Å². The monoisotopic (exact) mass is 331 g/mol. The molecule has 2 fully saturated rings. The topological polar surface area (TPSA) is 36.0 Å². The maximum atomic E-state index is 12.2. The predicted octanol–water partition coefficient (Wildman–Crippen LogP) is 1.61. The number of benzene rings is 1. The number of hydrogen-bond donors (Lipinski definition) is 0. The van der Waals surface area contributed by atoms with Crippen LogP contribution in [-0.2, 0) is 4.79 Å². The number of ether oxygens (including phenoxy) is 1. The minimum Gasteiger partial charge on any atom is -0.492 e. The van der Waals surface area contributed by atoms with Gasteiger partial charge in [-0.05, 0) is 31.4 Å². The average Bonchev–Trinajstić information content (AvgIpc) is 3.13. The van der Waals surface area contributed by atoms with Gasteiger partial charge in [0, 0.05) is 45.8 Å². The van der Waals surface area contributed by atoms with Crippen molar-refractivity contribution >= 4 is 5.91 Å². The van der Waals surface area contributed by atoms with E-state index in [1.807, 2.05) is 23.1 Å². The fourth-order valence-corrected chi connectivity index (χ4v) is 3.43. The molecule has 24 heavy (non-hydrogen) atoms. The Morgan fingerprint density at radius 3 is 2.38 bits per heavy atom. The van der Waals surface area contributed by atoms with E-state index in [2.05, 4.69) is 22.8 Å². The Balaban J connectivity index is 1.33. The van der Waals surface area contributed by atoms with Crippen molar-refractivity contribution < 1.29 is 9.53 Å². The van der Waals surface area contributed by atoms with E-state index in [4.69, 9.17) is 4.74 Å². The van der Waals surface area contributed by atoms with Crippen LogP contribution in [0.3, 0.4) is 0 Å². The second-order valence-electron chi connectivity index (χ2n) is 6.82. The van der Waals surface area contributed by atoms with E-state index >= 15 is 0 Å². The summed E-state index contributed by atoms with van der Waals surface area (Å²) in [5.74, 6) is 1.29. The normalized spacial score (nSPS) is 19.6. The molecule has 3 rings (SSSR count). The third-order valence-corrected chi connectivity index (χ3v) is 5.04. The highest BCUT2D eigenvalue weighted by Crippen LogP contribution is 2.16. The maximum Gasteiger partial charge on any atom is 0.236 e. The van der Waals surface area contributed by atoms with Crippen LogP contribution < -0.4 is 4.74 Å². The molecule has 0 spiro atoms. The standard InChI is InChI=1S/C19H29N3O2/c1-17-6-2-3-7-18(17)24-15-14-20-10-12-21(13-11-20)16-19(23)22-8-4-5-9-22/h2-3,6-7H,4-5,8-16H2,1H3. The number of piperazine rings is 1. The first-order valence-corrected chi connectivity index (χ1v) is 9.13. The lowest BCUT2D eigenvalue weighted by Gasteiger charge is -2.34. The predicted molar refractivity (Wildman–Crippen MR) is 95.4 cm³/mol. The van der Waals surface area contributed by atoms with Crippen molar-refractivity contribution in [3.63, 3.8) is 0 Å². The number of para-hydroxylation sites is 1. The highest BCUT2D eigenvalue weighted by atomic mass is 16.5. The summed E-state index contributed by atoms with van der Waals surface area (Å²) in [6.45, 7) is 10.2. The molecule has 0 radical (unpaired) electrons. The zero-order valence-corrected chi connectivity index (χ0v) is 14.7. The average molecular weight is 331 g/mol. The van der Waals surface area contributed by atoms with Gasteiger partial charge >= 0.3 is 0 Å². The summed E-state index contributed by atoms with van der Waals surface area (Å²) in [6, 6.07) is 8.14. The number of carbonyl (C=O) groups is 1. The van der Waals surface area contributed by atoms with Gasteiger partial charge in [-0.2, -0.15) is 0 Å². The quantitative estimate of drug-likeness (QED) is 0.794. The Hall–Kier alpha value is -1.59. The molecule has 1 amide bonds. The first kappa shape index (κ1) is 17.2. The number of hydrogen-bond acceptors (Lipinski definition) is 4. The molecule has 0 bridgehead atoms. The van der Waals surface area contributed by atoms with Gasteiger partial charge in [-0.3, -0.25) is 14.6 Å². The molecule has 0 aliphatic carbocycles. The molecule has 132 valence electrons. The van der Waals surface area contributed by atoms with Crippen molar-refractivity contribution in [1.29, 1.82) is 0 Å². The van der Waals surface area contributed by atoms with Gasteiger partial charge in [-0.25, -0.2) is 0 Å². The van der Waals surface area contributed by atoms with Crippen molar-refractivity contribution in [2.45, 2.75) is 19.8 Å². The van der Waals surface area contributed by atoms with Crippen LogP contribution in [0.2, 0.25) is 0 Å². The zero-order chi connectivity index (χ0) is 16.8. The Morgan fingerprint density at radius 1 is 1.00 bits per heavy atom. The summed E-state index contributed by atoms with van der Waals surface area (Å²) >= 11 is 0. The lowest BCUT2D eigenvalue weighted by molar-refractivity contribution is -0.131. The molecule has 0 aromatic heterocycles. The second kappa shape index (κ2) is 8.49. The molecule has 2 aliphatic rings. The van der Waals surface area contributed by atoms with Gasteiger partial charge in [0.2, 0.25) is 5.91 Å². The summed E-state index contributed by atoms with van der Waals surface area (Å²) in [6.07, 6.45) is 2.33. The number of rotatable bonds is 6. The van der Waals surface area contributed by atoms with E-state index in [0.717, 1.165) is 58.2 Å². The first-order chi connectivity index (χ1) is 11.7. The van der Waals surface area contributed by atoms with Gasteiger partial charge in [0.15, 0.2) is 0 Å². The van der Waals surface area contributed by atoms with Gasteiger partial charge in [0.05, 0.1) is 6.54 Å². The fourth-order valence-electron chi connectivity index (χ4n) is 3.43. The van der Waals surface area contributed by atoms with Crippen molar-refractivity contribution in [1.82, 2.24) is 14.7 Å². The molecule has 0 unspecified atom stereocenters. The minimum absolute atomic E-state index is 0.309. The fraction of sp³-hybridized carbons (Fsp3) is 0.632. The number of carbonyl (C=O) groups excluding carboxylic acids is 1. The van der Waals surface area contributed by atoms with Gasteiger partial charge in [-0.15, -0.1) is 0 Å². The number of aryl methyl sites for hydroxylation is 1. The summed E-state index contributed by atoms with van der Waals surface area (Å²) in [7, 11) is 0. The second-order valence-corrected chi connectivity index (χ2v) is 6.82. The Labute approximate surface area is 145 Å². The molecule has 0 N–H and O–H groups in total. The Morgan fingerprint density at radius 2 is 1.67 bits per heavy atom. The number of nitrogens with zero attached hydrogens (tertiary/aromatic N) is 3. The SMILES string of the molecule is Cc1ccccc1OCCN1CCN(CC(=O)N2CCCC2)CC1. The van der Waals surface area contributed by atoms with E-state index in [9.17, 15) is 4.79 Å². The first-order valence-electron chi connectivity index (χ1n) is 9.13. The third-order valence-electron chi connectivity index (χ3n) is 5.04. The van der Waals surface area contributed by atoms with E-state index in [-0.39, 0.29) is 0 Å². The number of likely N-dealkylation sites (tertiary alicyclic amines) is 1. The van der Waals surface area contributed by atoms with Crippen molar-refractivity contribution in [2.75, 3.05) is 59.0 Å². The molecule has 0 saturated carbocycles. The molecule has 5 nitrogen and oxygen atoms in total. The molecule has 0 atom stereocenters. The molecule has 2 aliphatic heterocycles. The Kier molecular flexibility index (Phi) is 6.10. The van der Waals surface area contributed by atoms with Gasteiger partial charge in [-0.1, -0.05) is 18.2 Å². The highest BCUT2D eigenvalue weighted by Gasteiger charge is 2.23. The van der Waals surface area contributed by atoms with Crippen LogP contribution in [0, 0.1) is 6.92 Å². The summed E-state index contributed by atoms with van der Waals surface area (Å²) < 4.78 is 5.88. The zero-order valence-electron chi connectivity index (χ0n) is 14.7. The van der Waals surface area contributed by atoms with Crippen molar-refractivity contribution in [3.8, 4) is 5.75 Å². The molecule has 1 aromatic carbocycles. The van der Waals surface area contributed by atoms with Gasteiger partial charge in [0.25, 0.3) is 0 Å². The third kappa shape index (κ3) is 4.71. The van der Waals surface area contributed by atoms with E-state index in [1.165, 1.54) is 18.4 Å². The summed E-state index contributed by atoms with van der Waals surface area (Å²) in [4.78, 5) is 18.9. The van der Waals surface area contributed by atoms with Gasteiger partial charge in [0.1, 0.15) is 12.4 Å². The van der Waals surface area contributed by atoms with Gasteiger partial charge < -0.3 is 9.64 Å². The van der Waals surface area contributed by atoms with E-state index in [0.29, 0.717) is 12.5 Å². The van der Waals surface area contributed by atoms with Crippen LogP contribution >= 0.6 is 0 Å². The molecular weight excluding hydrogens is 302 g/mol. The lowest BCUT2D eigenvalue weighted by Crippen LogP contribution is -2.50. The van der Waals surface area contributed by atoms with Crippen LogP contribution in [0.15, 0.2) is 24.3 Å². The van der Waals surface area contributed by atoms with E-state index < -0.39 is 0 Å². The summed E-state index contributed by atoms with van der Waals surface area (Å²) in [5.41, 5.74) is 1.18.